The fraction of sp³-hybridized carbons (Fsp3) is 0.672. The van der Waals surface area contributed by atoms with Gasteiger partial charge in [-0.25, -0.2) is 13.1 Å². The van der Waals surface area contributed by atoms with Crippen LogP contribution in [0.2, 0.25) is 0 Å². The van der Waals surface area contributed by atoms with Crippen molar-refractivity contribution in [2.45, 2.75) is 224 Å². The Hall–Kier alpha value is -5.38. The van der Waals surface area contributed by atoms with Gasteiger partial charge >= 0.3 is 5.97 Å². The van der Waals surface area contributed by atoms with Crippen molar-refractivity contribution in [3.8, 4) is 0 Å². The van der Waals surface area contributed by atoms with Crippen molar-refractivity contribution in [3.05, 3.63) is 103 Å². The highest BCUT2D eigenvalue weighted by molar-refractivity contribution is 7.89. The maximum absolute atomic E-state index is 13.9. The number of unbranched alkanes of at least 4 members (excludes halogenated alkanes) is 17. The summed E-state index contributed by atoms with van der Waals surface area (Å²) in [6.45, 7) is 9.71. The third kappa shape index (κ3) is 18.3. The summed E-state index contributed by atoms with van der Waals surface area (Å²) < 4.78 is 36.6. The maximum Gasteiger partial charge on any atom is 0.305 e. The molecule has 0 aromatic heterocycles. The summed E-state index contributed by atoms with van der Waals surface area (Å²) in [5.74, 6) is 0.527. The minimum absolute atomic E-state index is 0.0259. The minimum atomic E-state index is -4.03. The van der Waals surface area contributed by atoms with Gasteiger partial charge in [-0.15, -0.1) is 0 Å². The predicted octanol–water partition coefficient (Wildman–Crippen LogP) is 15.6. The average Bonchev–Trinajstić information content (AvgIpc) is 1.70. The zero-order valence-electron chi connectivity index (χ0n) is 50.6. The Balaban J connectivity index is 1.01. The molecule has 0 amide bonds. The first-order chi connectivity index (χ1) is 40.7. The van der Waals surface area contributed by atoms with Crippen LogP contribution >= 0.6 is 24.4 Å². The van der Waals surface area contributed by atoms with Crippen LogP contribution in [0.15, 0.2) is 77.7 Å². The number of esters is 1. The molecule has 7 rings (SSSR count). The molecule has 4 fully saturated rings. The quantitative estimate of drug-likeness (QED) is 0.0125. The molecule has 0 spiro atoms. The van der Waals surface area contributed by atoms with Crippen molar-refractivity contribution in [1.82, 2.24) is 15.4 Å². The number of nitrogens with zero attached hydrogens (tertiary/aromatic N) is 3. The number of nitrogens with one attached hydrogen (secondary N) is 5. The van der Waals surface area contributed by atoms with Gasteiger partial charge in [0.2, 0.25) is 10.0 Å². The molecule has 3 aromatic carbocycles. The molecule has 0 radical (unpaired) electrons. The van der Waals surface area contributed by atoms with Crippen molar-refractivity contribution >= 4 is 79.1 Å². The SMILES string of the molecule is CCCCCCCCCCCCCCCCCCCCOC(=O)CC[C@@H](C)[C@H]1CC[C@H]2[C@@H]3[C@H](NC(=S)Nc4ccc([N+](=O)[O-])cc4)C[C@@H]4C[C@H](NS(=O)(=O)c5ccc([N+](=O)[O-])cc5)CC[C@]4(C)[C@H]3C[C@H](NC(=S)Nc3ccc([N+](=O)[O-])cc3)[C@]12C. The van der Waals surface area contributed by atoms with Gasteiger partial charge < -0.3 is 26.0 Å². The highest BCUT2D eigenvalue weighted by Crippen LogP contribution is 2.68. The monoisotopic (exact) mass is 1230 g/mol. The molecule has 85 heavy (non-hydrogen) atoms. The van der Waals surface area contributed by atoms with Gasteiger partial charge in [0.25, 0.3) is 17.1 Å². The van der Waals surface area contributed by atoms with Crippen LogP contribution in [-0.2, 0) is 19.6 Å². The van der Waals surface area contributed by atoms with Crippen LogP contribution in [0.25, 0.3) is 0 Å². The number of hydrogen-bond acceptors (Lipinski definition) is 12. The molecule has 4 saturated carbocycles. The highest BCUT2D eigenvalue weighted by Gasteiger charge is 2.66. The molecule has 3 aromatic rings. The Morgan fingerprint density at radius 1 is 0.635 bits per heavy atom. The number of carbonyl (C=O) groups is 1. The van der Waals surface area contributed by atoms with E-state index in [0.29, 0.717) is 60.3 Å². The van der Waals surface area contributed by atoms with Gasteiger partial charge in [0.1, 0.15) is 0 Å². The molecule has 468 valence electrons. The first-order valence-electron chi connectivity index (χ1n) is 31.8. The second kappa shape index (κ2) is 32.0. The average molecular weight is 1230 g/mol. The molecule has 4 aliphatic rings. The van der Waals surface area contributed by atoms with Gasteiger partial charge in [0.15, 0.2) is 10.2 Å². The van der Waals surface area contributed by atoms with E-state index in [2.05, 4.69) is 53.7 Å². The van der Waals surface area contributed by atoms with E-state index >= 15 is 0 Å². The van der Waals surface area contributed by atoms with Gasteiger partial charge in [-0.2, -0.15) is 0 Å². The number of nitro groups is 3. The van der Waals surface area contributed by atoms with E-state index in [1.807, 2.05) is 0 Å². The predicted molar refractivity (Wildman–Crippen MR) is 344 cm³/mol. The minimum Gasteiger partial charge on any atom is -0.466 e. The second-order valence-corrected chi connectivity index (χ2v) is 28.1. The van der Waals surface area contributed by atoms with Crippen LogP contribution in [0.5, 0.6) is 0 Å². The van der Waals surface area contributed by atoms with E-state index in [9.17, 15) is 43.6 Å². The van der Waals surface area contributed by atoms with E-state index in [1.54, 1.807) is 24.3 Å². The largest absolute Gasteiger partial charge is 0.466 e. The van der Waals surface area contributed by atoms with Crippen LogP contribution in [0.3, 0.4) is 0 Å². The second-order valence-electron chi connectivity index (χ2n) is 25.6. The molecule has 0 heterocycles. The Kier molecular flexibility index (Phi) is 25.3. The number of fused-ring (bicyclic) bond motifs is 5. The number of rotatable bonds is 33. The number of thiocarbonyl (C=S) groups is 2. The molecular weight excluding hydrogens is 1140 g/mol. The lowest BCUT2D eigenvalue weighted by molar-refractivity contribution is -0.385. The number of benzene rings is 3. The van der Waals surface area contributed by atoms with Crippen molar-refractivity contribution in [3.63, 3.8) is 0 Å². The number of carbonyl (C=O) groups excluding carboxylic acids is 1. The van der Waals surface area contributed by atoms with Crippen molar-refractivity contribution in [2.75, 3.05) is 17.2 Å². The van der Waals surface area contributed by atoms with Gasteiger partial charge in [0, 0.05) is 72.3 Å². The van der Waals surface area contributed by atoms with Crippen molar-refractivity contribution < 1.29 is 32.7 Å². The number of non-ortho nitro benzene ring substituents is 3. The van der Waals surface area contributed by atoms with Gasteiger partial charge in [-0.05, 0) is 165 Å². The van der Waals surface area contributed by atoms with Gasteiger partial charge in [-0.1, -0.05) is 137 Å². The molecule has 0 unspecified atom stereocenters. The lowest BCUT2D eigenvalue weighted by Gasteiger charge is -2.65. The topological polar surface area (TPSA) is 250 Å². The zero-order chi connectivity index (χ0) is 61.2. The Morgan fingerprint density at radius 3 is 1.60 bits per heavy atom. The number of nitro benzene ring substituents is 3. The lowest BCUT2D eigenvalue weighted by Crippen LogP contribution is -2.68. The summed E-state index contributed by atoms with van der Waals surface area (Å²) in [5.41, 5.74) is 0.318. The summed E-state index contributed by atoms with van der Waals surface area (Å²) >= 11 is 12.2. The maximum atomic E-state index is 13.9. The molecule has 21 heteroatoms. The van der Waals surface area contributed by atoms with Crippen LogP contribution < -0.4 is 26.0 Å². The van der Waals surface area contributed by atoms with Crippen LogP contribution in [0.1, 0.15) is 201 Å². The summed E-state index contributed by atoms with van der Waals surface area (Å²) in [6.07, 6.45) is 29.4. The lowest BCUT2D eigenvalue weighted by atomic mass is 9.42. The fourth-order valence-electron chi connectivity index (χ4n) is 15.5. The first kappa shape index (κ1) is 67.1. The number of ether oxygens (including phenoxy) is 1. The van der Waals surface area contributed by atoms with Crippen LogP contribution in [-0.4, -0.2) is 64.1 Å². The van der Waals surface area contributed by atoms with E-state index in [-0.39, 0.29) is 86.3 Å². The molecule has 0 aliphatic heterocycles. The van der Waals surface area contributed by atoms with Crippen molar-refractivity contribution in [1.29, 1.82) is 0 Å². The zero-order valence-corrected chi connectivity index (χ0v) is 53.0. The number of anilines is 2. The summed E-state index contributed by atoms with van der Waals surface area (Å²) in [7, 11) is -4.03. The van der Waals surface area contributed by atoms with Gasteiger partial charge in [0.05, 0.1) is 26.3 Å². The molecule has 0 bridgehead atoms. The summed E-state index contributed by atoms with van der Waals surface area (Å²) in [4.78, 5) is 46.3. The first-order valence-corrected chi connectivity index (χ1v) is 34.1. The molecule has 11 atom stereocenters. The fourth-order valence-corrected chi connectivity index (χ4v) is 17.4. The van der Waals surface area contributed by atoms with Gasteiger partial charge in [-0.3, -0.25) is 35.1 Å². The molecule has 4 aliphatic carbocycles. The smallest absolute Gasteiger partial charge is 0.305 e. The summed E-state index contributed by atoms with van der Waals surface area (Å²) in [6, 6.07) is 16.4. The van der Waals surface area contributed by atoms with E-state index in [1.165, 1.54) is 145 Å². The third-order valence-corrected chi connectivity index (χ3v) is 22.1. The Labute approximate surface area is 515 Å². The van der Waals surface area contributed by atoms with Crippen molar-refractivity contribution in [2.24, 2.45) is 46.3 Å². The molecular formula is C64H94N8O10S3. The van der Waals surface area contributed by atoms with E-state index in [4.69, 9.17) is 29.2 Å². The number of hydrogen-bond donors (Lipinski definition) is 5. The van der Waals surface area contributed by atoms with E-state index in [0.717, 1.165) is 44.9 Å². The molecule has 0 saturated heterocycles. The van der Waals surface area contributed by atoms with E-state index < -0.39 is 30.8 Å². The highest BCUT2D eigenvalue weighted by atomic mass is 32.2. The Bertz CT molecular complexity index is 2810. The molecule has 18 nitrogen and oxygen atoms in total. The number of sulfonamides is 1. The normalized spacial score (nSPS) is 25.5. The van der Waals surface area contributed by atoms with Crippen LogP contribution in [0, 0.1) is 76.7 Å². The third-order valence-electron chi connectivity index (χ3n) is 20.2. The van der Waals surface area contributed by atoms with Crippen LogP contribution in [0.4, 0.5) is 28.4 Å². The standard InChI is InChI=1S/C64H94N8O10S3/c1-5-6-7-8-9-10-11-12-13-14-15-16-17-18-19-20-21-22-41-82-59(73)38-23-45(2)54-36-37-55-60-56(44-58(64(54,55)4)68-62(84)66-48-26-30-51(31-27-48)71(76)77)63(3)40-39-49(69-85(80,81)53-34-32-52(33-35-53)72(78)79)42-46(63)43-57(60)67-61(83)65-47-24-28-50(29-25-47)70(74)75/h24-35,45-46,49,54-58,60,69H,5-23,36-44H2,1-4H3,(H2,65,67,83)(H2,66,68,84)/t45-,46+,49-,54-,55+,56+,57-,58+,60+,63+,64-/m1/s1. The Morgan fingerprint density at radius 2 is 1.11 bits per heavy atom. The summed E-state index contributed by atoms with van der Waals surface area (Å²) in [5, 5.41) is 49.3. The molecule has 5 N–H and O–H groups in total.